The predicted octanol–water partition coefficient (Wildman–Crippen LogP) is 2.19. The molecule has 1 aromatic heterocycles. The summed E-state index contributed by atoms with van der Waals surface area (Å²) in [6.45, 7) is 4.69. The van der Waals surface area contributed by atoms with Crippen LogP contribution in [-0.4, -0.2) is 32.9 Å². The van der Waals surface area contributed by atoms with Crippen LogP contribution in [0.4, 0.5) is 0 Å². The molecule has 0 bridgehead atoms. The van der Waals surface area contributed by atoms with Crippen molar-refractivity contribution in [1.29, 1.82) is 0 Å². The Kier molecular flexibility index (Phi) is 4.35. The Balaban J connectivity index is 2.25. The third-order valence-electron chi connectivity index (χ3n) is 3.85. The minimum atomic E-state index is -3.34. The summed E-state index contributed by atoms with van der Waals surface area (Å²) >= 11 is 1.38. The van der Waals surface area contributed by atoms with Crippen LogP contribution in [0.2, 0.25) is 0 Å². The third kappa shape index (κ3) is 3.02. The molecule has 1 aliphatic rings. The molecule has 0 amide bonds. The first-order valence-corrected chi connectivity index (χ1v) is 8.85. The molecular formula is C13H22N2O2S2. The van der Waals surface area contributed by atoms with Gasteiger partial charge in [-0.3, -0.25) is 0 Å². The van der Waals surface area contributed by atoms with Crippen LogP contribution in [-0.2, 0) is 16.6 Å². The Morgan fingerprint density at radius 2 is 2.16 bits per heavy atom. The van der Waals surface area contributed by atoms with Gasteiger partial charge < -0.3 is 5.32 Å². The molecule has 1 fully saturated rings. The van der Waals surface area contributed by atoms with Crippen molar-refractivity contribution in [3.8, 4) is 0 Å². The lowest BCUT2D eigenvalue weighted by molar-refractivity contribution is 0.358. The summed E-state index contributed by atoms with van der Waals surface area (Å²) in [6, 6.07) is 1.89. The zero-order chi connectivity index (χ0) is 14.2. The molecule has 108 valence electrons. The van der Waals surface area contributed by atoms with E-state index < -0.39 is 10.0 Å². The fourth-order valence-corrected chi connectivity index (χ4v) is 5.40. The summed E-state index contributed by atoms with van der Waals surface area (Å²) in [5.41, 5.74) is 1.05. The summed E-state index contributed by atoms with van der Waals surface area (Å²) in [5, 5.41) is 3.07. The number of hydrogen-bond acceptors (Lipinski definition) is 4. The van der Waals surface area contributed by atoms with Gasteiger partial charge in [-0.1, -0.05) is 0 Å². The van der Waals surface area contributed by atoms with Gasteiger partial charge in [-0.05, 0) is 51.3 Å². The van der Waals surface area contributed by atoms with Gasteiger partial charge in [-0.15, -0.1) is 11.3 Å². The topological polar surface area (TPSA) is 49.4 Å². The first-order chi connectivity index (χ1) is 8.87. The van der Waals surface area contributed by atoms with Crippen molar-refractivity contribution in [3.63, 3.8) is 0 Å². The molecule has 1 aromatic rings. The zero-order valence-electron chi connectivity index (χ0n) is 11.9. The van der Waals surface area contributed by atoms with Gasteiger partial charge in [0.15, 0.2) is 0 Å². The van der Waals surface area contributed by atoms with Gasteiger partial charge in [-0.2, -0.15) is 4.31 Å². The molecule has 1 unspecified atom stereocenters. The number of nitrogens with one attached hydrogen (secondary N) is 1. The fourth-order valence-electron chi connectivity index (χ4n) is 2.19. The maximum atomic E-state index is 12.6. The molecule has 1 aliphatic carbocycles. The first-order valence-electron chi connectivity index (χ1n) is 6.60. The Bertz CT molecular complexity index is 547. The maximum absolute atomic E-state index is 12.6. The molecular weight excluding hydrogens is 280 g/mol. The largest absolute Gasteiger partial charge is 0.315 e. The standard InChI is InChI=1S/C13H22N2O2S2/c1-9-7-13(18-12(9)8-14-3)19(16,17)15(4)10(2)11-5-6-11/h7,10-11,14H,5-6,8H2,1-4H3. The number of aryl methyl sites for hydroxylation is 1. The highest BCUT2D eigenvalue weighted by molar-refractivity contribution is 7.91. The smallest absolute Gasteiger partial charge is 0.252 e. The van der Waals surface area contributed by atoms with Crippen molar-refractivity contribution in [2.24, 2.45) is 5.92 Å². The van der Waals surface area contributed by atoms with Crippen LogP contribution in [0.5, 0.6) is 0 Å². The molecule has 4 nitrogen and oxygen atoms in total. The van der Waals surface area contributed by atoms with Gasteiger partial charge in [0, 0.05) is 24.5 Å². The lowest BCUT2D eigenvalue weighted by Gasteiger charge is -2.23. The molecule has 6 heteroatoms. The van der Waals surface area contributed by atoms with Crippen LogP contribution in [0, 0.1) is 12.8 Å². The molecule has 19 heavy (non-hydrogen) atoms. The highest BCUT2D eigenvalue weighted by atomic mass is 32.2. The first kappa shape index (κ1) is 15.0. The maximum Gasteiger partial charge on any atom is 0.252 e. The monoisotopic (exact) mass is 302 g/mol. The predicted molar refractivity (Wildman–Crippen MR) is 79.0 cm³/mol. The molecule has 0 aromatic carbocycles. The van der Waals surface area contributed by atoms with E-state index in [1.807, 2.05) is 20.9 Å². The van der Waals surface area contributed by atoms with Crippen molar-refractivity contribution in [2.75, 3.05) is 14.1 Å². The van der Waals surface area contributed by atoms with E-state index in [2.05, 4.69) is 5.32 Å². The second-order valence-corrected chi connectivity index (χ2v) is 8.66. The van der Waals surface area contributed by atoms with E-state index in [0.29, 0.717) is 16.7 Å². The molecule has 0 aliphatic heterocycles. The average molecular weight is 302 g/mol. The highest BCUT2D eigenvalue weighted by Gasteiger charge is 2.36. The van der Waals surface area contributed by atoms with Gasteiger partial charge in [-0.25, -0.2) is 8.42 Å². The fraction of sp³-hybridized carbons (Fsp3) is 0.692. The summed E-state index contributed by atoms with van der Waals surface area (Å²) < 4.78 is 27.2. The molecule has 2 rings (SSSR count). The number of hydrogen-bond donors (Lipinski definition) is 1. The molecule has 0 spiro atoms. The minimum absolute atomic E-state index is 0.0974. The minimum Gasteiger partial charge on any atom is -0.315 e. The lowest BCUT2D eigenvalue weighted by Crippen LogP contribution is -2.36. The van der Waals surface area contributed by atoms with E-state index in [1.165, 1.54) is 11.3 Å². The molecule has 0 saturated heterocycles. The van der Waals surface area contributed by atoms with Gasteiger partial charge in [0.2, 0.25) is 0 Å². The van der Waals surface area contributed by atoms with Crippen LogP contribution in [0.1, 0.15) is 30.2 Å². The highest BCUT2D eigenvalue weighted by Crippen LogP contribution is 2.37. The van der Waals surface area contributed by atoms with Crippen LogP contribution >= 0.6 is 11.3 Å². The number of rotatable bonds is 6. The van der Waals surface area contributed by atoms with Gasteiger partial charge in [0.1, 0.15) is 4.21 Å². The molecule has 1 saturated carbocycles. The Morgan fingerprint density at radius 3 is 2.68 bits per heavy atom. The van der Waals surface area contributed by atoms with Crippen LogP contribution < -0.4 is 5.32 Å². The van der Waals surface area contributed by atoms with Crippen molar-refractivity contribution < 1.29 is 8.42 Å². The average Bonchev–Trinajstić information content (AvgIpc) is 3.14. The van der Waals surface area contributed by atoms with Crippen LogP contribution in [0.3, 0.4) is 0 Å². The molecule has 1 heterocycles. The molecule has 0 radical (unpaired) electrons. The summed E-state index contributed by atoms with van der Waals surface area (Å²) in [5.74, 6) is 0.539. The van der Waals surface area contributed by atoms with Crippen molar-refractivity contribution in [3.05, 3.63) is 16.5 Å². The number of sulfonamides is 1. The Labute approximate surface area is 119 Å². The Hall–Kier alpha value is -0.430. The number of thiophene rings is 1. The van der Waals surface area contributed by atoms with Crippen molar-refractivity contribution in [1.82, 2.24) is 9.62 Å². The summed E-state index contributed by atoms with van der Waals surface area (Å²) in [7, 11) is 0.230. The summed E-state index contributed by atoms with van der Waals surface area (Å²) in [4.78, 5) is 1.09. The van der Waals surface area contributed by atoms with E-state index in [-0.39, 0.29) is 6.04 Å². The molecule has 1 atom stereocenters. The Morgan fingerprint density at radius 1 is 1.53 bits per heavy atom. The van der Waals surface area contributed by atoms with E-state index >= 15 is 0 Å². The second kappa shape index (κ2) is 5.52. The SMILES string of the molecule is CNCc1sc(S(=O)(=O)N(C)C(C)C2CC2)cc1C. The number of nitrogens with zero attached hydrogens (tertiary/aromatic N) is 1. The van der Waals surface area contributed by atoms with Crippen LogP contribution in [0.15, 0.2) is 10.3 Å². The lowest BCUT2D eigenvalue weighted by atomic mass is 10.2. The second-order valence-electron chi connectivity index (χ2n) is 5.30. The quantitative estimate of drug-likeness (QED) is 0.876. The van der Waals surface area contributed by atoms with E-state index in [4.69, 9.17) is 0 Å². The van der Waals surface area contributed by atoms with E-state index in [1.54, 1.807) is 17.4 Å². The van der Waals surface area contributed by atoms with Gasteiger partial charge in [0.25, 0.3) is 10.0 Å². The summed E-state index contributed by atoms with van der Waals surface area (Å²) in [6.07, 6.45) is 2.30. The van der Waals surface area contributed by atoms with Crippen molar-refractivity contribution >= 4 is 21.4 Å². The van der Waals surface area contributed by atoms with E-state index in [0.717, 1.165) is 23.3 Å². The van der Waals surface area contributed by atoms with E-state index in [9.17, 15) is 8.42 Å². The normalized spacial score (nSPS) is 17.9. The zero-order valence-corrected chi connectivity index (χ0v) is 13.6. The van der Waals surface area contributed by atoms with Crippen molar-refractivity contribution in [2.45, 2.75) is 43.5 Å². The van der Waals surface area contributed by atoms with Gasteiger partial charge in [0.05, 0.1) is 0 Å². The van der Waals surface area contributed by atoms with Gasteiger partial charge >= 0.3 is 0 Å². The third-order valence-corrected chi connectivity index (χ3v) is 7.48. The van der Waals surface area contributed by atoms with Crippen LogP contribution in [0.25, 0.3) is 0 Å². The molecule has 1 N–H and O–H groups in total.